The molecule has 2 aromatic rings. The van der Waals surface area contributed by atoms with Crippen LogP contribution in [0.25, 0.3) is 0 Å². The van der Waals surface area contributed by atoms with E-state index in [-0.39, 0.29) is 23.4 Å². The van der Waals surface area contributed by atoms with E-state index in [1.807, 2.05) is 24.3 Å². The van der Waals surface area contributed by atoms with Crippen LogP contribution in [-0.4, -0.2) is 59.8 Å². The van der Waals surface area contributed by atoms with Gasteiger partial charge in [-0.1, -0.05) is 30.3 Å². The van der Waals surface area contributed by atoms with Crippen LogP contribution in [0.4, 0.5) is 5.69 Å². The molecule has 2 aromatic carbocycles. The Labute approximate surface area is 204 Å². The number of hydrogen-bond donors (Lipinski definition) is 2. The fourth-order valence-corrected chi connectivity index (χ4v) is 4.00. The third-order valence-electron chi connectivity index (χ3n) is 5.76. The molecule has 3 aliphatic rings. The number of fused-ring (bicyclic) bond motifs is 1. The first-order chi connectivity index (χ1) is 19.2. The second-order valence-corrected chi connectivity index (χ2v) is 7.94. The second kappa shape index (κ2) is 9.33. The van der Waals surface area contributed by atoms with E-state index in [0.29, 0.717) is 18.1 Å². The summed E-state index contributed by atoms with van der Waals surface area (Å²) in [4.78, 5) is 41.1. The topological polar surface area (TPSA) is 91.0 Å². The van der Waals surface area contributed by atoms with E-state index in [1.54, 1.807) is 5.32 Å². The zero-order chi connectivity index (χ0) is 29.9. The molecule has 3 heterocycles. The highest BCUT2D eigenvalue weighted by Crippen LogP contribution is 2.32. The van der Waals surface area contributed by atoms with Crippen LogP contribution in [0.15, 0.2) is 42.4 Å². The molecule has 0 radical (unpaired) electrons. The fraction of sp³-hybridized carbons (Fsp3) is 0.400. The van der Waals surface area contributed by atoms with Gasteiger partial charge in [0.1, 0.15) is 6.02 Å². The van der Waals surface area contributed by atoms with Crippen LogP contribution in [0.2, 0.25) is 0 Å². The van der Waals surface area contributed by atoms with E-state index in [2.05, 4.69) is 10.2 Å². The Morgan fingerprint density at radius 3 is 2.70 bits per heavy atom. The quantitative estimate of drug-likeness (QED) is 0.645. The van der Waals surface area contributed by atoms with Gasteiger partial charge in [-0.3, -0.25) is 24.6 Å². The van der Waals surface area contributed by atoms with Crippen LogP contribution in [0.5, 0.6) is 0 Å². The summed E-state index contributed by atoms with van der Waals surface area (Å²) in [7, 11) is 0. The summed E-state index contributed by atoms with van der Waals surface area (Å²) in [6.45, 7) is 3.41. The van der Waals surface area contributed by atoms with Crippen molar-refractivity contribution in [3.8, 4) is 0 Å². The van der Waals surface area contributed by atoms with Gasteiger partial charge in [0, 0.05) is 61.4 Å². The summed E-state index contributed by atoms with van der Waals surface area (Å²) >= 11 is 0. The predicted molar refractivity (Wildman–Crippen MR) is 122 cm³/mol. The van der Waals surface area contributed by atoms with Gasteiger partial charge < -0.3 is 15.0 Å². The lowest BCUT2D eigenvalue weighted by Gasteiger charge is -2.29. The Kier molecular flexibility index (Phi) is 3.99. The number of morpholine rings is 1. The highest BCUT2D eigenvalue weighted by Gasteiger charge is 2.39. The number of anilines is 1. The Hall–Kier alpha value is -3.23. The van der Waals surface area contributed by atoms with Gasteiger partial charge in [-0.25, -0.2) is 0 Å². The normalized spacial score (nSPS) is 29.9. The molecule has 2 saturated heterocycles. The molecule has 8 nitrogen and oxygen atoms in total. The Morgan fingerprint density at radius 2 is 1.91 bits per heavy atom. The van der Waals surface area contributed by atoms with Crippen LogP contribution in [0, 0.1) is 0 Å². The van der Waals surface area contributed by atoms with Crippen molar-refractivity contribution >= 4 is 23.4 Å². The SMILES string of the molecule is [2H]c1c([2H])c(NCc2ccc(CN3CCOCC3)cc2)c2c(c1[2H])C(=O)N([C@@]1([2H])C(=O)NC(=O)C([2H])([2H])C1([2H])[2H])C2. The molecule has 2 fully saturated rings. The number of ether oxygens (including phenoxy) is 1. The van der Waals surface area contributed by atoms with Crippen LogP contribution < -0.4 is 10.6 Å². The van der Waals surface area contributed by atoms with Crippen molar-refractivity contribution in [2.24, 2.45) is 0 Å². The number of rotatable bonds is 6. The van der Waals surface area contributed by atoms with Gasteiger partial charge in [-0.15, -0.1) is 0 Å². The molecule has 0 unspecified atom stereocenters. The third-order valence-corrected chi connectivity index (χ3v) is 5.76. The molecule has 2 N–H and O–H groups in total. The lowest BCUT2D eigenvalue weighted by atomic mass is 10.0. The fourth-order valence-electron chi connectivity index (χ4n) is 4.00. The van der Waals surface area contributed by atoms with E-state index in [4.69, 9.17) is 15.7 Å². The second-order valence-electron chi connectivity index (χ2n) is 7.94. The lowest BCUT2D eigenvalue weighted by molar-refractivity contribution is -0.136. The van der Waals surface area contributed by atoms with E-state index in [0.717, 1.165) is 30.8 Å². The van der Waals surface area contributed by atoms with Gasteiger partial charge >= 0.3 is 0 Å². The van der Waals surface area contributed by atoms with Gasteiger partial charge in [-0.2, -0.15) is 0 Å². The standard InChI is InChI=1S/C25H28N4O4/c30-23-9-8-22(24(31)27-23)29-16-20-19(25(29)32)2-1-3-21(20)26-14-17-4-6-18(7-5-17)15-28-10-12-33-13-11-28/h1-7,22,26H,8-16H2,(H,27,30,31)/t22-/m1/s1/i1D,2D,3D,8D2,9D2,22D. The van der Waals surface area contributed by atoms with Crippen LogP contribution in [-0.2, 0) is 34.0 Å². The number of nitrogens with one attached hydrogen (secondary N) is 2. The first-order valence-corrected chi connectivity index (χ1v) is 10.6. The molecule has 33 heavy (non-hydrogen) atoms. The van der Waals surface area contributed by atoms with Gasteiger partial charge in [0.15, 0.2) is 0 Å². The Morgan fingerprint density at radius 1 is 1.15 bits per heavy atom. The highest BCUT2D eigenvalue weighted by molar-refractivity contribution is 6.06. The minimum Gasteiger partial charge on any atom is -0.381 e. The summed E-state index contributed by atoms with van der Waals surface area (Å²) in [6.07, 6.45) is -6.80. The van der Waals surface area contributed by atoms with Gasteiger partial charge in [0.05, 0.1) is 18.7 Å². The number of carbonyl (C=O) groups excluding carboxylic acids is 3. The molecule has 3 aliphatic heterocycles. The molecule has 0 aromatic heterocycles. The first kappa shape index (κ1) is 14.1. The molecule has 5 rings (SSSR count). The Balaban J connectivity index is 1.43. The molecule has 0 bridgehead atoms. The molecule has 3 amide bonds. The number of benzene rings is 2. The monoisotopic (exact) mass is 456 g/mol. The average Bonchev–Trinajstić information content (AvgIpc) is 3.28. The zero-order valence-electron chi connectivity index (χ0n) is 25.8. The van der Waals surface area contributed by atoms with Crippen molar-refractivity contribution < 1.29 is 30.1 Å². The van der Waals surface area contributed by atoms with E-state index >= 15 is 0 Å². The maximum atomic E-state index is 13.5. The van der Waals surface area contributed by atoms with Crippen LogP contribution in [0.1, 0.15) is 50.8 Å². The Bertz CT molecular complexity index is 1430. The number of piperidine rings is 1. The van der Waals surface area contributed by atoms with Crippen molar-refractivity contribution in [3.63, 3.8) is 0 Å². The van der Waals surface area contributed by atoms with Crippen molar-refractivity contribution in [1.82, 2.24) is 15.1 Å². The highest BCUT2D eigenvalue weighted by atomic mass is 16.5. The molecule has 0 spiro atoms. The van der Waals surface area contributed by atoms with Crippen molar-refractivity contribution in [1.29, 1.82) is 0 Å². The van der Waals surface area contributed by atoms with E-state index < -0.39 is 61.2 Å². The summed E-state index contributed by atoms with van der Waals surface area (Å²) in [6, 6.07) is 2.90. The number of nitrogens with zero attached hydrogens (tertiary/aromatic N) is 2. The molecule has 172 valence electrons. The van der Waals surface area contributed by atoms with Crippen molar-refractivity contribution in [2.75, 3.05) is 31.6 Å². The average molecular weight is 457 g/mol. The van der Waals surface area contributed by atoms with Gasteiger partial charge in [0.2, 0.25) is 11.8 Å². The largest absolute Gasteiger partial charge is 0.381 e. The van der Waals surface area contributed by atoms with Crippen molar-refractivity contribution in [3.05, 3.63) is 64.6 Å². The van der Waals surface area contributed by atoms with E-state index in [1.165, 1.54) is 0 Å². The van der Waals surface area contributed by atoms with Crippen LogP contribution >= 0.6 is 0 Å². The summed E-state index contributed by atoms with van der Waals surface area (Å²) in [5.41, 5.74) is 1.55. The summed E-state index contributed by atoms with van der Waals surface area (Å²) in [5, 5.41) is 4.68. The molecule has 0 saturated carbocycles. The maximum Gasteiger partial charge on any atom is 0.255 e. The number of carbonyl (C=O) groups is 3. The molecule has 1 atom stereocenters. The van der Waals surface area contributed by atoms with Gasteiger partial charge in [0.25, 0.3) is 5.91 Å². The predicted octanol–water partition coefficient (Wildman–Crippen LogP) is 1.89. The van der Waals surface area contributed by atoms with Gasteiger partial charge in [-0.05, 0) is 29.6 Å². The smallest absolute Gasteiger partial charge is 0.255 e. The molecular formula is C25H28N4O4. The lowest BCUT2D eigenvalue weighted by Crippen LogP contribution is -2.52. The number of hydrogen-bond acceptors (Lipinski definition) is 6. The minimum atomic E-state index is -3.47. The molecular weight excluding hydrogens is 420 g/mol. The zero-order valence-corrected chi connectivity index (χ0v) is 17.8. The number of amides is 3. The summed E-state index contributed by atoms with van der Waals surface area (Å²) < 4.78 is 71.5. The number of imide groups is 1. The van der Waals surface area contributed by atoms with E-state index in [9.17, 15) is 14.4 Å². The third kappa shape index (κ3) is 4.62. The summed E-state index contributed by atoms with van der Waals surface area (Å²) in [5.74, 6) is -4.24. The molecule has 0 aliphatic carbocycles. The van der Waals surface area contributed by atoms with Crippen LogP contribution in [0.3, 0.4) is 0 Å². The minimum absolute atomic E-state index is 0.00806. The maximum absolute atomic E-state index is 13.5. The molecule has 8 heteroatoms. The van der Waals surface area contributed by atoms with Crippen molar-refractivity contribution in [2.45, 2.75) is 38.4 Å². The first-order valence-electron chi connectivity index (χ1n) is 14.6.